The van der Waals surface area contributed by atoms with E-state index in [1.54, 1.807) is 0 Å². The standard InChI is InChI=1S/C7H2F3NS/c8-3-1-5-6(2-4(3)9)12-7(10)11-5/h1-2H. The molecule has 1 aromatic carbocycles. The van der Waals surface area contributed by atoms with Crippen LogP contribution < -0.4 is 0 Å². The second kappa shape index (κ2) is 2.45. The Morgan fingerprint density at radius 1 is 1.08 bits per heavy atom. The van der Waals surface area contributed by atoms with Crippen molar-refractivity contribution in [3.05, 3.63) is 29.0 Å². The van der Waals surface area contributed by atoms with Gasteiger partial charge in [0.05, 0.1) is 10.2 Å². The van der Waals surface area contributed by atoms with Gasteiger partial charge in [0.1, 0.15) is 0 Å². The van der Waals surface area contributed by atoms with E-state index in [0.29, 0.717) is 16.0 Å². The molecule has 0 saturated carbocycles. The number of aromatic nitrogens is 1. The molecule has 0 aliphatic carbocycles. The molecule has 0 saturated heterocycles. The van der Waals surface area contributed by atoms with Crippen LogP contribution in [0.25, 0.3) is 10.2 Å². The quantitative estimate of drug-likeness (QED) is 0.620. The van der Waals surface area contributed by atoms with Crippen molar-refractivity contribution in [3.63, 3.8) is 0 Å². The maximum absolute atomic E-state index is 12.5. The Morgan fingerprint density at radius 2 is 1.75 bits per heavy atom. The lowest BCUT2D eigenvalue weighted by atomic mass is 10.3. The van der Waals surface area contributed by atoms with Gasteiger partial charge in [-0.3, -0.25) is 0 Å². The molecule has 0 unspecified atom stereocenters. The van der Waals surface area contributed by atoms with E-state index in [0.717, 1.165) is 12.1 Å². The summed E-state index contributed by atoms with van der Waals surface area (Å²) in [5.74, 6) is -1.99. The summed E-state index contributed by atoms with van der Waals surface area (Å²) in [6, 6.07) is 1.82. The van der Waals surface area contributed by atoms with Crippen molar-refractivity contribution in [2.45, 2.75) is 0 Å². The molecule has 0 fully saturated rings. The summed E-state index contributed by atoms with van der Waals surface area (Å²) >= 11 is 0.691. The van der Waals surface area contributed by atoms with Gasteiger partial charge >= 0.3 is 0 Å². The Balaban J connectivity index is 2.83. The monoisotopic (exact) mass is 189 g/mol. The van der Waals surface area contributed by atoms with Crippen LogP contribution in [0.3, 0.4) is 0 Å². The predicted molar refractivity (Wildman–Crippen MR) is 39.5 cm³/mol. The van der Waals surface area contributed by atoms with Crippen LogP contribution in [-0.2, 0) is 0 Å². The highest BCUT2D eigenvalue weighted by Crippen LogP contribution is 2.23. The first-order valence-electron chi connectivity index (χ1n) is 3.08. The van der Waals surface area contributed by atoms with Crippen LogP contribution in [0.2, 0.25) is 0 Å². The lowest BCUT2D eigenvalue weighted by molar-refractivity contribution is 0.511. The summed E-state index contributed by atoms with van der Waals surface area (Å²) in [6.45, 7) is 0. The Labute approximate surface area is 69.5 Å². The molecule has 62 valence electrons. The van der Waals surface area contributed by atoms with Crippen molar-refractivity contribution in [3.8, 4) is 0 Å². The smallest absolute Gasteiger partial charge is 0.209 e. The molecule has 2 aromatic rings. The van der Waals surface area contributed by atoms with Crippen molar-refractivity contribution in [2.24, 2.45) is 0 Å². The minimum absolute atomic E-state index is 0.149. The predicted octanol–water partition coefficient (Wildman–Crippen LogP) is 2.71. The number of halogens is 3. The van der Waals surface area contributed by atoms with Gasteiger partial charge in [-0.1, -0.05) is 11.3 Å². The van der Waals surface area contributed by atoms with E-state index in [9.17, 15) is 13.2 Å². The fraction of sp³-hybridized carbons (Fsp3) is 0. The highest BCUT2D eigenvalue weighted by molar-refractivity contribution is 7.17. The Bertz CT molecular complexity index is 398. The van der Waals surface area contributed by atoms with E-state index in [-0.39, 0.29) is 5.52 Å². The lowest BCUT2D eigenvalue weighted by Gasteiger charge is -1.89. The summed E-state index contributed by atoms with van der Waals surface area (Å²) < 4.78 is 37.8. The fourth-order valence-electron chi connectivity index (χ4n) is 0.895. The number of hydrogen-bond donors (Lipinski definition) is 0. The first kappa shape index (κ1) is 7.54. The van der Waals surface area contributed by atoms with E-state index in [1.165, 1.54) is 0 Å². The van der Waals surface area contributed by atoms with Crippen molar-refractivity contribution < 1.29 is 13.2 Å². The molecule has 0 aliphatic rings. The second-order valence-corrected chi connectivity index (χ2v) is 3.18. The SMILES string of the molecule is Fc1nc2cc(F)c(F)cc2s1. The molecule has 1 heterocycles. The van der Waals surface area contributed by atoms with Gasteiger partial charge in [0.25, 0.3) is 5.26 Å². The zero-order chi connectivity index (χ0) is 8.72. The topological polar surface area (TPSA) is 12.9 Å². The van der Waals surface area contributed by atoms with E-state index >= 15 is 0 Å². The molecular weight excluding hydrogens is 187 g/mol. The number of fused-ring (bicyclic) bond motifs is 1. The van der Waals surface area contributed by atoms with Crippen LogP contribution in [0.15, 0.2) is 12.1 Å². The maximum atomic E-state index is 12.5. The summed E-state index contributed by atoms with van der Waals surface area (Å²) in [7, 11) is 0. The molecule has 0 bridgehead atoms. The van der Waals surface area contributed by atoms with Crippen LogP contribution in [0.1, 0.15) is 0 Å². The number of nitrogens with zero attached hydrogens (tertiary/aromatic N) is 1. The zero-order valence-electron chi connectivity index (χ0n) is 5.64. The molecule has 5 heteroatoms. The van der Waals surface area contributed by atoms with Crippen LogP contribution in [-0.4, -0.2) is 4.98 Å². The summed E-state index contributed by atoms with van der Waals surface area (Å²) in [6.07, 6.45) is 0. The average Bonchev–Trinajstić information content (AvgIpc) is 2.30. The Hall–Kier alpha value is -1.10. The third-order valence-electron chi connectivity index (χ3n) is 1.40. The summed E-state index contributed by atoms with van der Waals surface area (Å²) in [4.78, 5) is 3.36. The summed E-state index contributed by atoms with van der Waals surface area (Å²) in [5.41, 5.74) is 0.149. The summed E-state index contributed by atoms with van der Waals surface area (Å²) in [5, 5.41) is -0.685. The average molecular weight is 189 g/mol. The van der Waals surface area contributed by atoms with Gasteiger partial charge in [-0.05, 0) is 6.07 Å². The number of thiazole rings is 1. The second-order valence-electron chi connectivity index (χ2n) is 2.20. The molecule has 0 N–H and O–H groups in total. The first-order chi connectivity index (χ1) is 5.66. The normalized spacial score (nSPS) is 10.9. The third kappa shape index (κ3) is 1.06. The maximum Gasteiger partial charge on any atom is 0.270 e. The van der Waals surface area contributed by atoms with Gasteiger partial charge < -0.3 is 0 Å². The van der Waals surface area contributed by atoms with E-state index in [2.05, 4.69) is 4.98 Å². The van der Waals surface area contributed by atoms with Gasteiger partial charge in [-0.2, -0.15) is 4.39 Å². The highest BCUT2D eigenvalue weighted by atomic mass is 32.1. The van der Waals surface area contributed by atoms with Crippen LogP contribution in [0.4, 0.5) is 13.2 Å². The molecule has 1 aromatic heterocycles. The Morgan fingerprint density at radius 3 is 2.50 bits per heavy atom. The van der Waals surface area contributed by atoms with Gasteiger partial charge in [-0.15, -0.1) is 0 Å². The number of hydrogen-bond acceptors (Lipinski definition) is 2. The molecule has 0 radical (unpaired) electrons. The van der Waals surface area contributed by atoms with Crippen molar-refractivity contribution >= 4 is 21.6 Å². The first-order valence-corrected chi connectivity index (χ1v) is 3.89. The van der Waals surface area contributed by atoms with Gasteiger partial charge in [0.2, 0.25) is 0 Å². The van der Waals surface area contributed by atoms with Gasteiger partial charge in [0.15, 0.2) is 11.6 Å². The van der Waals surface area contributed by atoms with E-state index in [4.69, 9.17) is 0 Å². The van der Waals surface area contributed by atoms with Crippen LogP contribution >= 0.6 is 11.3 Å². The zero-order valence-corrected chi connectivity index (χ0v) is 6.46. The molecule has 1 nitrogen and oxygen atoms in total. The number of benzene rings is 1. The van der Waals surface area contributed by atoms with E-state index in [1.807, 2.05) is 0 Å². The van der Waals surface area contributed by atoms with Crippen LogP contribution in [0.5, 0.6) is 0 Å². The van der Waals surface area contributed by atoms with Crippen molar-refractivity contribution in [2.75, 3.05) is 0 Å². The number of rotatable bonds is 0. The molecular formula is C7H2F3NS. The van der Waals surface area contributed by atoms with E-state index < -0.39 is 16.9 Å². The largest absolute Gasteiger partial charge is 0.270 e. The molecule has 0 aliphatic heterocycles. The minimum atomic E-state index is -1.01. The highest BCUT2D eigenvalue weighted by Gasteiger charge is 2.08. The molecule has 0 amide bonds. The Kier molecular flexibility index (Phi) is 1.54. The van der Waals surface area contributed by atoms with Crippen molar-refractivity contribution in [1.29, 1.82) is 0 Å². The van der Waals surface area contributed by atoms with Crippen molar-refractivity contribution in [1.82, 2.24) is 4.98 Å². The molecule has 12 heavy (non-hydrogen) atoms. The molecule has 0 atom stereocenters. The van der Waals surface area contributed by atoms with Gasteiger partial charge in [-0.25, -0.2) is 13.8 Å². The molecule has 0 spiro atoms. The lowest BCUT2D eigenvalue weighted by Crippen LogP contribution is -1.81. The minimum Gasteiger partial charge on any atom is -0.209 e. The van der Waals surface area contributed by atoms with Crippen LogP contribution in [0, 0.1) is 16.9 Å². The molecule has 2 rings (SSSR count). The fourth-order valence-corrected chi connectivity index (χ4v) is 1.59. The third-order valence-corrected chi connectivity index (χ3v) is 2.21. The van der Waals surface area contributed by atoms with Gasteiger partial charge in [0, 0.05) is 6.07 Å².